The molecule has 0 amide bonds. The second-order valence-corrected chi connectivity index (χ2v) is 3.92. The van der Waals surface area contributed by atoms with Gasteiger partial charge in [-0.15, -0.1) is 0 Å². The predicted molar refractivity (Wildman–Crippen MR) is 51.5 cm³/mol. The zero-order valence-corrected chi connectivity index (χ0v) is 7.14. The summed E-state index contributed by atoms with van der Waals surface area (Å²) >= 11 is 0. The molecule has 1 nitrogen and oxygen atoms in total. The molecule has 1 rings (SSSR count). The Kier molecular flexibility index (Phi) is 4.74. The maximum atomic E-state index is 5.80. The van der Waals surface area contributed by atoms with Crippen molar-refractivity contribution in [3.63, 3.8) is 0 Å². The fourth-order valence-electron chi connectivity index (χ4n) is 1.81. The zero-order chi connectivity index (χ0) is 7.56. The Hall–Kier alpha value is -0.0400. The Morgan fingerprint density at radius 1 is 1.09 bits per heavy atom. The van der Waals surface area contributed by atoms with E-state index >= 15 is 0 Å². The highest BCUT2D eigenvalue weighted by molar-refractivity contribution is 4.75. The summed E-state index contributed by atoms with van der Waals surface area (Å²) in [4.78, 5) is 0. The van der Waals surface area contributed by atoms with Gasteiger partial charge in [0.1, 0.15) is 0 Å². The summed E-state index contributed by atoms with van der Waals surface area (Å²) in [5.41, 5.74) is 5.80. The maximum Gasteiger partial charge on any atom is 0.00390 e. The molecule has 1 aliphatic carbocycles. The van der Waals surface area contributed by atoms with Gasteiger partial charge in [0.05, 0.1) is 0 Å². The molecule has 1 fully saturated rings. The molecule has 68 valence electrons. The van der Waals surface area contributed by atoms with Crippen molar-refractivity contribution in [1.82, 2.24) is 0 Å². The van der Waals surface area contributed by atoms with Crippen molar-refractivity contribution >= 4 is 0 Å². The Morgan fingerprint density at radius 3 is 1.91 bits per heavy atom. The molecule has 1 saturated carbocycles. The SMILES string of the molecule is C.CC(C)C1CCC(N)CC1. The van der Waals surface area contributed by atoms with Crippen LogP contribution in [0.4, 0.5) is 0 Å². The quantitative estimate of drug-likeness (QED) is 0.622. The van der Waals surface area contributed by atoms with Crippen LogP contribution in [0.25, 0.3) is 0 Å². The number of hydrogen-bond donors (Lipinski definition) is 1. The third kappa shape index (κ3) is 3.24. The first kappa shape index (κ1) is 11.0. The van der Waals surface area contributed by atoms with Crippen molar-refractivity contribution in [2.45, 2.75) is 53.0 Å². The minimum absolute atomic E-state index is 0. The van der Waals surface area contributed by atoms with Gasteiger partial charge in [-0.3, -0.25) is 0 Å². The average Bonchev–Trinajstić information content (AvgIpc) is 1.88. The molecule has 0 atom stereocenters. The molecule has 0 radical (unpaired) electrons. The van der Waals surface area contributed by atoms with Crippen LogP contribution in [0.3, 0.4) is 0 Å². The highest BCUT2D eigenvalue weighted by Crippen LogP contribution is 2.28. The van der Waals surface area contributed by atoms with Crippen LogP contribution in [0, 0.1) is 11.8 Å². The van der Waals surface area contributed by atoms with E-state index in [4.69, 9.17) is 5.73 Å². The minimum Gasteiger partial charge on any atom is -0.328 e. The second kappa shape index (κ2) is 4.76. The van der Waals surface area contributed by atoms with Crippen LogP contribution in [0.2, 0.25) is 0 Å². The lowest BCUT2D eigenvalue weighted by Crippen LogP contribution is -2.28. The van der Waals surface area contributed by atoms with Gasteiger partial charge in [0.15, 0.2) is 0 Å². The van der Waals surface area contributed by atoms with Gasteiger partial charge in [-0.2, -0.15) is 0 Å². The normalized spacial score (nSPS) is 31.6. The molecule has 0 aromatic rings. The van der Waals surface area contributed by atoms with E-state index in [9.17, 15) is 0 Å². The lowest BCUT2D eigenvalue weighted by molar-refractivity contribution is 0.259. The largest absolute Gasteiger partial charge is 0.328 e. The lowest BCUT2D eigenvalue weighted by Gasteiger charge is -2.28. The van der Waals surface area contributed by atoms with Gasteiger partial charge < -0.3 is 5.73 Å². The molecule has 1 aliphatic rings. The summed E-state index contributed by atoms with van der Waals surface area (Å²) in [5.74, 6) is 1.83. The fraction of sp³-hybridized carbons (Fsp3) is 1.00. The fourth-order valence-corrected chi connectivity index (χ4v) is 1.81. The van der Waals surface area contributed by atoms with Crippen LogP contribution in [0.1, 0.15) is 47.0 Å². The Balaban J connectivity index is 0.000001000. The smallest absolute Gasteiger partial charge is 0.00390 e. The molecule has 11 heavy (non-hydrogen) atoms. The van der Waals surface area contributed by atoms with Crippen LogP contribution in [-0.4, -0.2) is 6.04 Å². The Labute approximate surface area is 71.4 Å². The molecule has 0 spiro atoms. The van der Waals surface area contributed by atoms with Crippen LogP contribution in [0.15, 0.2) is 0 Å². The number of nitrogens with two attached hydrogens (primary N) is 1. The monoisotopic (exact) mass is 157 g/mol. The standard InChI is InChI=1S/C9H19N.CH4/c1-7(2)8-3-5-9(10)6-4-8;/h7-9H,3-6,10H2,1-2H3;1H4. The first-order valence-electron chi connectivity index (χ1n) is 4.45. The Bertz CT molecular complexity index is 91.0. The lowest BCUT2D eigenvalue weighted by atomic mass is 9.80. The molecule has 0 aromatic carbocycles. The van der Waals surface area contributed by atoms with Gasteiger partial charge in [0.25, 0.3) is 0 Å². The molecular formula is C10H23N. The highest BCUT2D eigenvalue weighted by atomic mass is 14.6. The van der Waals surface area contributed by atoms with Gasteiger partial charge in [-0.25, -0.2) is 0 Å². The topological polar surface area (TPSA) is 26.0 Å². The highest BCUT2D eigenvalue weighted by Gasteiger charge is 2.20. The predicted octanol–water partition coefficient (Wildman–Crippen LogP) is 2.80. The number of hydrogen-bond acceptors (Lipinski definition) is 1. The van der Waals surface area contributed by atoms with Crippen molar-refractivity contribution in [1.29, 1.82) is 0 Å². The zero-order valence-electron chi connectivity index (χ0n) is 7.14. The van der Waals surface area contributed by atoms with E-state index < -0.39 is 0 Å². The summed E-state index contributed by atoms with van der Waals surface area (Å²) in [5, 5.41) is 0. The van der Waals surface area contributed by atoms with E-state index in [0.717, 1.165) is 11.8 Å². The minimum atomic E-state index is 0. The number of rotatable bonds is 1. The van der Waals surface area contributed by atoms with Crippen LogP contribution in [0.5, 0.6) is 0 Å². The van der Waals surface area contributed by atoms with E-state index in [1.165, 1.54) is 25.7 Å². The molecule has 0 heterocycles. The molecule has 1 heteroatoms. The summed E-state index contributed by atoms with van der Waals surface area (Å²) in [6, 6.07) is 0.509. The molecule has 0 aromatic heterocycles. The van der Waals surface area contributed by atoms with Gasteiger partial charge in [-0.05, 0) is 37.5 Å². The van der Waals surface area contributed by atoms with Crippen molar-refractivity contribution in [3.05, 3.63) is 0 Å². The average molecular weight is 157 g/mol. The maximum absolute atomic E-state index is 5.80. The Morgan fingerprint density at radius 2 is 1.55 bits per heavy atom. The van der Waals surface area contributed by atoms with E-state index in [1.807, 2.05) is 0 Å². The van der Waals surface area contributed by atoms with Gasteiger partial charge in [0.2, 0.25) is 0 Å². The van der Waals surface area contributed by atoms with Crippen LogP contribution < -0.4 is 5.73 Å². The van der Waals surface area contributed by atoms with Crippen molar-refractivity contribution in [2.75, 3.05) is 0 Å². The van der Waals surface area contributed by atoms with Gasteiger partial charge >= 0.3 is 0 Å². The van der Waals surface area contributed by atoms with Crippen molar-refractivity contribution < 1.29 is 0 Å². The third-order valence-electron chi connectivity index (χ3n) is 2.76. The molecule has 0 unspecified atom stereocenters. The molecule has 0 aliphatic heterocycles. The molecule has 0 saturated heterocycles. The second-order valence-electron chi connectivity index (χ2n) is 3.92. The van der Waals surface area contributed by atoms with Crippen LogP contribution >= 0.6 is 0 Å². The third-order valence-corrected chi connectivity index (χ3v) is 2.76. The van der Waals surface area contributed by atoms with E-state index in [1.54, 1.807) is 0 Å². The van der Waals surface area contributed by atoms with Gasteiger partial charge in [-0.1, -0.05) is 21.3 Å². The molecule has 0 bridgehead atoms. The first-order chi connectivity index (χ1) is 4.70. The summed E-state index contributed by atoms with van der Waals surface area (Å²) in [6.45, 7) is 4.64. The first-order valence-corrected chi connectivity index (χ1v) is 4.45. The van der Waals surface area contributed by atoms with E-state index in [2.05, 4.69) is 13.8 Å². The van der Waals surface area contributed by atoms with E-state index in [0.29, 0.717) is 6.04 Å². The summed E-state index contributed by atoms with van der Waals surface area (Å²) < 4.78 is 0. The summed E-state index contributed by atoms with van der Waals surface area (Å²) in [7, 11) is 0. The van der Waals surface area contributed by atoms with Crippen LogP contribution in [-0.2, 0) is 0 Å². The van der Waals surface area contributed by atoms with Crippen molar-refractivity contribution in [3.8, 4) is 0 Å². The molecule has 2 N–H and O–H groups in total. The van der Waals surface area contributed by atoms with E-state index in [-0.39, 0.29) is 7.43 Å². The summed E-state index contributed by atoms with van der Waals surface area (Å²) in [6.07, 6.45) is 5.23. The van der Waals surface area contributed by atoms with Gasteiger partial charge in [0, 0.05) is 6.04 Å². The molecular weight excluding hydrogens is 134 g/mol. The van der Waals surface area contributed by atoms with Crippen molar-refractivity contribution in [2.24, 2.45) is 17.6 Å².